The highest BCUT2D eigenvalue weighted by Gasteiger charge is 2.42. The Hall–Kier alpha value is -1.27. The van der Waals surface area contributed by atoms with Crippen LogP contribution in [0.3, 0.4) is 0 Å². The van der Waals surface area contributed by atoms with Crippen LogP contribution in [0.4, 0.5) is 0 Å². The third-order valence-electron chi connectivity index (χ3n) is 6.25. The van der Waals surface area contributed by atoms with Gasteiger partial charge < -0.3 is 14.9 Å². The van der Waals surface area contributed by atoms with Crippen molar-refractivity contribution in [2.75, 3.05) is 0 Å². The lowest BCUT2D eigenvalue weighted by atomic mass is 9.84. The number of aliphatic hydroxyl groups is 2. The van der Waals surface area contributed by atoms with Crippen LogP contribution in [0.1, 0.15) is 111 Å². The summed E-state index contributed by atoms with van der Waals surface area (Å²) < 4.78 is 5.10. The molecule has 1 aliphatic carbocycles. The van der Waals surface area contributed by atoms with Crippen LogP contribution >= 0.6 is 0 Å². The van der Waals surface area contributed by atoms with Crippen molar-refractivity contribution in [3.8, 4) is 0 Å². The van der Waals surface area contributed by atoms with Crippen molar-refractivity contribution in [2.45, 2.75) is 129 Å². The molecule has 6 nitrogen and oxygen atoms in total. The maximum Gasteiger partial charge on any atom is 0.306 e. The van der Waals surface area contributed by atoms with Gasteiger partial charge in [0.15, 0.2) is 0 Å². The van der Waals surface area contributed by atoms with Crippen LogP contribution < -0.4 is 0 Å². The number of hydrogen-bond donors (Lipinski definition) is 2. The summed E-state index contributed by atoms with van der Waals surface area (Å²) in [6.45, 7) is 5.77. The van der Waals surface area contributed by atoms with Gasteiger partial charge in [-0.25, -0.2) is 0 Å². The zero-order valence-electron chi connectivity index (χ0n) is 19.8. The predicted molar refractivity (Wildman–Crippen MR) is 121 cm³/mol. The molecule has 0 aromatic heterocycles. The lowest BCUT2D eigenvalue weighted by Crippen LogP contribution is -2.25. The molecule has 180 valence electrons. The first kappa shape index (κ1) is 27.8. The molecular formula is C25H44O6. The highest BCUT2D eigenvalue weighted by molar-refractivity contribution is 5.79. The van der Waals surface area contributed by atoms with Gasteiger partial charge in [0.2, 0.25) is 0 Å². The van der Waals surface area contributed by atoms with E-state index in [-0.39, 0.29) is 41.9 Å². The number of Topliss-reactive ketones (excluding diaryl/α,β-unsaturated/α-hetero) is 2. The third kappa shape index (κ3) is 11.8. The smallest absolute Gasteiger partial charge is 0.306 e. The number of carbonyl (C=O) groups excluding carboxylic acids is 3. The molecule has 0 aromatic carbocycles. The Balaban J connectivity index is 2.29. The Morgan fingerprint density at radius 1 is 0.806 bits per heavy atom. The highest BCUT2D eigenvalue weighted by Crippen LogP contribution is 2.38. The largest absolute Gasteiger partial charge is 0.463 e. The molecule has 0 saturated heterocycles. The fraction of sp³-hybridized carbons (Fsp3) is 0.880. The van der Waals surface area contributed by atoms with Crippen molar-refractivity contribution in [1.29, 1.82) is 0 Å². The molecule has 0 radical (unpaired) electrons. The van der Waals surface area contributed by atoms with Crippen LogP contribution in [0.25, 0.3) is 0 Å². The van der Waals surface area contributed by atoms with Gasteiger partial charge in [-0.3, -0.25) is 14.4 Å². The van der Waals surface area contributed by atoms with E-state index in [1.54, 1.807) is 0 Å². The van der Waals surface area contributed by atoms with Gasteiger partial charge in [0.25, 0.3) is 0 Å². The highest BCUT2D eigenvalue weighted by atomic mass is 16.5. The average Bonchev–Trinajstić information content (AvgIpc) is 2.95. The Labute approximate surface area is 188 Å². The van der Waals surface area contributed by atoms with Crippen molar-refractivity contribution < 1.29 is 29.3 Å². The van der Waals surface area contributed by atoms with Crippen molar-refractivity contribution in [3.05, 3.63) is 0 Å². The Morgan fingerprint density at radius 3 is 2.03 bits per heavy atom. The molecule has 0 bridgehead atoms. The van der Waals surface area contributed by atoms with Gasteiger partial charge in [0.05, 0.1) is 18.3 Å². The van der Waals surface area contributed by atoms with Gasteiger partial charge in [-0.2, -0.15) is 0 Å². The summed E-state index contributed by atoms with van der Waals surface area (Å²) in [6.07, 6.45) is 7.92. The minimum Gasteiger partial charge on any atom is -0.463 e. The number of unbranched alkanes of at least 4 members (excludes halogenated alkanes) is 5. The van der Waals surface area contributed by atoms with Crippen molar-refractivity contribution in [2.24, 2.45) is 11.8 Å². The summed E-state index contributed by atoms with van der Waals surface area (Å²) in [4.78, 5) is 36.0. The molecule has 4 unspecified atom stereocenters. The molecule has 1 aliphatic rings. The molecule has 1 fully saturated rings. The van der Waals surface area contributed by atoms with Crippen LogP contribution in [-0.4, -0.2) is 46.1 Å². The number of aliphatic hydroxyl groups excluding tert-OH is 2. The number of carbonyl (C=O) groups is 3. The number of ether oxygens (including phenoxy) is 1. The topological polar surface area (TPSA) is 101 Å². The van der Waals surface area contributed by atoms with E-state index in [0.717, 1.165) is 44.9 Å². The minimum atomic E-state index is -0.675. The molecular weight excluding hydrogens is 396 g/mol. The molecule has 0 amide bonds. The summed E-state index contributed by atoms with van der Waals surface area (Å²) in [5, 5.41) is 20.7. The molecule has 0 spiro atoms. The second kappa shape index (κ2) is 15.5. The van der Waals surface area contributed by atoms with Gasteiger partial charge >= 0.3 is 5.97 Å². The van der Waals surface area contributed by atoms with E-state index in [0.29, 0.717) is 38.5 Å². The van der Waals surface area contributed by atoms with Gasteiger partial charge in [0, 0.05) is 32.1 Å². The molecule has 0 heterocycles. The summed E-state index contributed by atoms with van der Waals surface area (Å²) in [5.41, 5.74) is 0. The number of rotatable bonds is 17. The molecule has 2 N–H and O–H groups in total. The van der Waals surface area contributed by atoms with Crippen molar-refractivity contribution in [1.82, 2.24) is 0 Å². The summed E-state index contributed by atoms with van der Waals surface area (Å²) in [6, 6.07) is 0. The Kier molecular flexibility index (Phi) is 13.9. The monoisotopic (exact) mass is 440 g/mol. The normalized spacial score (nSPS) is 23.3. The van der Waals surface area contributed by atoms with Gasteiger partial charge in [0.1, 0.15) is 11.6 Å². The van der Waals surface area contributed by atoms with Crippen LogP contribution in [0.2, 0.25) is 0 Å². The van der Waals surface area contributed by atoms with Gasteiger partial charge in [-0.1, -0.05) is 32.6 Å². The molecule has 6 heteroatoms. The van der Waals surface area contributed by atoms with E-state index in [9.17, 15) is 24.6 Å². The quantitative estimate of drug-likeness (QED) is 0.255. The number of esters is 1. The third-order valence-corrected chi connectivity index (χ3v) is 6.25. The van der Waals surface area contributed by atoms with E-state index >= 15 is 0 Å². The van der Waals surface area contributed by atoms with Gasteiger partial charge in [-0.15, -0.1) is 0 Å². The lowest BCUT2D eigenvalue weighted by molar-refractivity contribution is -0.147. The van der Waals surface area contributed by atoms with E-state index in [4.69, 9.17) is 4.74 Å². The fourth-order valence-electron chi connectivity index (χ4n) is 4.52. The summed E-state index contributed by atoms with van der Waals surface area (Å²) >= 11 is 0. The number of ketones is 2. The first-order chi connectivity index (χ1) is 14.7. The second-order valence-electron chi connectivity index (χ2n) is 9.43. The molecule has 1 rings (SSSR count). The van der Waals surface area contributed by atoms with Gasteiger partial charge in [-0.05, 0) is 57.8 Å². The molecule has 4 atom stereocenters. The van der Waals surface area contributed by atoms with Crippen molar-refractivity contribution >= 4 is 17.5 Å². The molecule has 0 aromatic rings. The second-order valence-corrected chi connectivity index (χ2v) is 9.43. The maximum absolute atomic E-state index is 12.4. The predicted octanol–water partition coefficient (Wildman–Crippen LogP) is 4.53. The van der Waals surface area contributed by atoms with Crippen LogP contribution in [0, 0.1) is 11.8 Å². The van der Waals surface area contributed by atoms with E-state index in [1.807, 2.05) is 13.8 Å². The Morgan fingerprint density at radius 2 is 1.39 bits per heavy atom. The van der Waals surface area contributed by atoms with Crippen LogP contribution in [0.15, 0.2) is 0 Å². The first-order valence-corrected chi connectivity index (χ1v) is 12.3. The fourth-order valence-corrected chi connectivity index (χ4v) is 4.52. The molecule has 1 saturated carbocycles. The zero-order chi connectivity index (χ0) is 23.2. The Bertz CT molecular complexity index is 544. The van der Waals surface area contributed by atoms with E-state index in [1.165, 1.54) is 0 Å². The maximum atomic E-state index is 12.4. The van der Waals surface area contributed by atoms with E-state index in [2.05, 4.69) is 6.92 Å². The minimum absolute atomic E-state index is 0.0856. The van der Waals surface area contributed by atoms with Crippen molar-refractivity contribution in [3.63, 3.8) is 0 Å². The van der Waals surface area contributed by atoms with Crippen LogP contribution in [-0.2, 0) is 19.1 Å². The summed E-state index contributed by atoms with van der Waals surface area (Å²) in [7, 11) is 0. The number of hydrogen-bond acceptors (Lipinski definition) is 6. The first-order valence-electron chi connectivity index (χ1n) is 12.3. The average molecular weight is 441 g/mol. The van der Waals surface area contributed by atoms with Crippen LogP contribution in [0.5, 0.6) is 0 Å². The molecule has 31 heavy (non-hydrogen) atoms. The van der Waals surface area contributed by atoms with E-state index < -0.39 is 12.2 Å². The lowest BCUT2D eigenvalue weighted by Gasteiger charge is -2.23. The zero-order valence-corrected chi connectivity index (χ0v) is 19.8. The molecule has 0 aliphatic heterocycles. The SMILES string of the molecule is CCCCCC(=O)CCC1C(O)CC(O)C1CC(=O)CCCCCCC(=O)OC(C)C. The standard InChI is InChI=1S/C25H44O6/c1-4-5-8-11-19(26)14-15-21-22(24(29)17-23(21)28)16-20(27)12-9-6-7-10-13-25(30)31-18(2)3/h18,21-24,28-29H,4-17H2,1-3H3. The summed E-state index contributed by atoms with van der Waals surface area (Å²) in [5.74, 6) is -0.284.